The van der Waals surface area contributed by atoms with Gasteiger partial charge in [0.05, 0.1) is 30.0 Å². The average Bonchev–Trinajstić information content (AvgIpc) is 3.13. The van der Waals surface area contributed by atoms with Crippen LogP contribution in [-0.4, -0.2) is 41.8 Å². The van der Waals surface area contributed by atoms with Crippen LogP contribution in [0.25, 0.3) is 0 Å². The summed E-state index contributed by atoms with van der Waals surface area (Å²) in [5.41, 5.74) is 2.63. The van der Waals surface area contributed by atoms with Crippen molar-refractivity contribution in [3.8, 4) is 0 Å². The molecule has 0 bridgehead atoms. The minimum Gasteiger partial charge on any atom is -0.392 e. The van der Waals surface area contributed by atoms with E-state index in [0.717, 1.165) is 48.9 Å². The summed E-state index contributed by atoms with van der Waals surface area (Å²) < 4.78 is 22.2. The van der Waals surface area contributed by atoms with E-state index in [0.29, 0.717) is 5.69 Å². The summed E-state index contributed by atoms with van der Waals surface area (Å²) in [5.74, 6) is 0.00108. The van der Waals surface area contributed by atoms with Crippen molar-refractivity contribution in [2.24, 2.45) is 5.92 Å². The third-order valence-corrected chi connectivity index (χ3v) is 7.00. The van der Waals surface area contributed by atoms with Crippen LogP contribution in [0.15, 0.2) is 46.9 Å². The lowest BCUT2D eigenvalue weighted by molar-refractivity contribution is -0.102. The van der Waals surface area contributed by atoms with Crippen LogP contribution in [0, 0.1) is 11.7 Å². The Labute approximate surface area is 179 Å². The monoisotopic (exact) mass is 460 g/mol. The predicted molar refractivity (Wildman–Crippen MR) is 114 cm³/mol. The topological polar surface area (TPSA) is 44.7 Å². The molecule has 0 saturated carbocycles. The van der Waals surface area contributed by atoms with Gasteiger partial charge in [-0.3, -0.25) is 4.90 Å². The molecule has 0 spiro atoms. The van der Waals surface area contributed by atoms with Crippen LogP contribution < -0.4 is 5.32 Å². The first-order chi connectivity index (χ1) is 14.1. The maximum Gasteiger partial charge on any atom is 0.147 e. The molecule has 5 atom stereocenters. The van der Waals surface area contributed by atoms with Gasteiger partial charge in [0.15, 0.2) is 0 Å². The molecule has 3 heterocycles. The number of rotatable bonds is 3. The summed E-state index contributed by atoms with van der Waals surface area (Å²) in [7, 11) is 0. The highest BCUT2D eigenvalue weighted by atomic mass is 79.9. The van der Waals surface area contributed by atoms with Crippen LogP contribution in [0.3, 0.4) is 0 Å². The van der Waals surface area contributed by atoms with E-state index in [1.807, 2.05) is 24.3 Å². The van der Waals surface area contributed by atoms with E-state index in [2.05, 4.69) is 38.3 Å². The normalized spacial score (nSPS) is 31.8. The summed E-state index contributed by atoms with van der Waals surface area (Å²) in [6, 6.07) is 13.8. The smallest absolute Gasteiger partial charge is 0.147 e. The van der Waals surface area contributed by atoms with Gasteiger partial charge < -0.3 is 15.2 Å². The van der Waals surface area contributed by atoms with Crippen molar-refractivity contribution < 1.29 is 14.2 Å². The number of aliphatic hydroxyl groups excluding tert-OH is 1. The molecule has 3 aliphatic rings. The summed E-state index contributed by atoms with van der Waals surface area (Å²) in [5, 5.41) is 13.3. The predicted octanol–water partition coefficient (Wildman–Crippen LogP) is 4.66. The first kappa shape index (κ1) is 19.5. The second-order valence-electron chi connectivity index (χ2n) is 8.51. The van der Waals surface area contributed by atoms with Crippen LogP contribution in [0.2, 0.25) is 0 Å². The minimum absolute atomic E-state index is 0.0268. The highest BCUT2D eigenvalue weighted by molar-refractivity contribution is 9.10. The molecule has 0 radical (unpaired) electrons. The maximum atomic E-state index is 14.9. The molecule has 5 rings (SSSR count). The molecule has 2 saturated heterocycles. The fraction of sp³-hybridized carbons (Fsp3) is 0.478. The molecule has 6 heteroatoms. The summed E-state index contributed by atoms with van der Waals surface area (Å²) in [6.45, 7) is 2.47. The van der Waals surface area contributed by atoms with Crippen LogP contribution in [0.1, 0.15) is 42.5 Å². The number of halogens is 2. The van der Waals surface area contributed by atoms with E-state index in [1.165, 1.54) is 11.6 Å². The van der Waals surface area contributed by atoms with Crippen molar-refractivity contribution >= 4 is 21.6 Å². The average molecular weight is 461 g/mol. The maximum absolute atomic E-state index is 14.9. The van der Waals surface area contributed by atoms with E-state index in [1.54, 1.807) is 0 Å². The van der Waals surface area contributed by atoms with Crippen molar-refractivity contribution in [2.45, 2.75) is 43.6 Å². The fourth-order valence-corrected chi connectivity index (χ4v) is 5.62. The number of aliphatic hydroxyl groups is 1. The van der Waals surface area contributed by atoms with Crippen molar-refractivity contribution in [3.63, 3.8) is 0 Å². The highest BCUT2D eigenvalue weighted by Crippen LogP contribution is 2.51. The minimum atomic E-state index is -0.248. The SMILES string of the molecule is O[C@@H]1CCN(C[C@H]2CC[C@@H]3[C@H](O2)c2cc(Br)cc(F)c2N[C@H]3c2ccccc2)C1. The quantitative estimate of drug-likeness (QED) is 0.698. The van der Waals surface area contributed by atoms with E-state index >= 15 is 0 Å². The summed E-state index contributed by atoms with van der Waals surface area (Å²) >= 11 is 3.45. The summed E-state index contributed by atoms with van der Waals surface area (Å²) in [6.07, 6.45) is 2.56. The molecular formula is C23H26BrFN2O2. The molecule has 2 aromatic rings. The number of nitrogens with one attached hydrogen (secondary N) is 1. The standard InChI is InChI=1S/C23H26BrFN2O2/c24-15-10-19-22(20(25)11-15)26-21(14-4-2-1-3-5-14)18-7-6-17(29-23(18)19)13-27-9-8-16(28)12-27/h1-5,10-11,16-18,21,23,26,28H,6-9,12-13H2/t16-,17-,18+,21+,23+/m1/s1. The molecule has 0 aliphatic carbocycles. The van der Waals surface area contributed by atoms with Gasteiger partial charge in [0.25, 0.3) is 0 Å². The van der Waals surface area contributed by atoms with Crippen LogP contribution in [0.4, 0.5) is 10.1 Å². The van der Waals surface area contributed by atoms with Crippen molar-refractivity contribution in [3.05, 3.63) is 63.9 Å². The van der Waals surface area contributed by atoms with Gasteiger partial charge in [0, 0.05) is 35.6 Å². The van der Waals surface area contributed by atoms with Crippen molar-refractivity contribution in [2.75, 3.05) is 25.0 Å². The Balaban J connectivity index is 1.45. The molecule has 3 aliphatic heterocycles. The second-order valence-corrected chi connectivity index (χ2v) is 9.42. The van der Waals surface area contributed by atoms with E-state index in [-0.39, 0.29) is 36.1 Å². The molecule has 2 aromatic carbocycles. The number of hydrogen-bond acceptors (Lipinski definition) is 4. The molecule has 154 valence electrons. The Morgan fingerprint density at radius 2 is 2.00 bits per heavy atom. The highest BCUT2D eigenvalue weighted by Gasteiger charge is 2.43. The second kappa shape index (κ2) is 7.99. The molecule has 2 fully saturated rings. The first-order valence-electron chi connectivity index (χ1n) is 10.4. The molecular weight excluding hydrogens is 435 g/mol. The van der Waals surface area contributed by atoms with Crippen LogP contribution >= 0.6 is 15.9 Å². The number of benzene rings is 2. The zero-order valence-electron chi connectivity index (χ0n) is 16.2. The van der Waals surface area contributed by atoms with Crippen LogP contribution in [-0.2, 0) is 4.74 Å². The Hall–Kier alpha value is -1.47. The van der Waals surface area contributed by atoms with E-state index in [9.17, 15) is 9.50 Å². The molecule has 2 N–H and O–H groups in total. The fourth-order valence-electron chi connectivity index (χ4n) is 5.18. The number of anilines is 1. The van der Waals surface area contributed by atoms with Gasteiger partial charge in [0.2, 0.25) is 0 Å². The third kappa shape index (κ3) is 3.83. The van der Waals surface area contributed by atoms with Crippen LogP contribution in [0.5, 0.6) is 0 Å². The Morgan fingerprint density at radius 1 is 1.17 bits per heavy atom. The van der Waals surface area contributed by atoms with Gasteiger partial charge in [-0.05, 0) is 37.0 Å². The van der Waals surface area contributed by atoms with Gasteiger partial charge in [-0.15, -0.1) is 0 Å². The molecule has 4 nitrogen and oxygen atoms in total. The first-order valence-corrected chi connectivity index (χ1v) is 11.2. The zero-order valence-corrected chi connectivity index (χ0v) is 17.8. The number of hydrogen-bond donors (Lipinski definition) is 2. The van der Waals surface area contributed by atoms with E-state index in [4.69, 9.17) is 4.74 Å². The van der Waals surface area contributed by atoms with Gasteiger partial charge in [-0.25, -0.2) is 4.39 Å². The Kier molecular flexibility index (Phi) is 5.37. The Bertz CT molecular complexity index is 881. The molecule has 0 amide bonds. The van der Waals surface area contributed by atoms with Crippen molar-refractivity contribution in [1.29, 1.82) is 0 Å². The lowest BCUT2D eigenvalue weighted by Crippen LogP contribution is -2.43. The third-order valence-electron chi connectivity index (χ3n) is 6.54. The number of fused-ring (bicyclic) bond motifs is 3. The largest absolute Gasteiger partial charge is 0.392 e. The summed E-state index contributed by atoms with van der Waals surface area (Å²) in [4.78, 5) is 2.29. The number of nitrogens with zero attached hydrogens (tertiary/aromatic N) is 1. The lowest BCUT2D eigenvalue weighted by atomic mass is 9.76. The number of ether oxygens (including phenoxy) is 1. The molecule has 29 heavy (non-hydrogen) atoms. The lowest BCUT2D eigenvalue weighted by Gasteiger charge is -2.46. The molecule has 0 unspecified atom stereocenters. The van der Waals surface area contributed by atoms with Gasteiger partial charge in [-0.2, -0.15) is 0 Å². The van der Waals surface area contributed by atoms with Gasteiger partial charge in [0.1, 0.15) is 5.82 Å². The van der Waals surface area contributed by atoms with Gasteiger partial charge in [-0.1, -0.05) is 46.3 Å². The van der Waals surface area contributed by atoms with E-state index < -0.39 is 0 Å². The molecule has 0 aromatic heterocycles. The number of β-amino-alcohol motifs (C(OH)–C–C–N with tert-alkyl or cyclic N) is 1. The van der Waals surface area contributed by atoms with Crippen molar-refractivity contribution in [1.82, 2.24) is 4.90 Å². The van der Waals surface area contributed by atoms with Gasteiger partial charge >= 0.3 is 0 Å². The Morgan fingerprint density at radius 3 is 2.76 bits per heavy atom. The number of likely N-dealkylation sites (tertiary alicyclic amines) is 1. The zero-order chi connectivity index (χ0) is 20.0.